The van der Waals surface area contributed by atoms with Crippen LogP contribution in [0.5, 0.6) is 0 Å². The van der Waals surface area contributed by atoms with Gasteiger partial charge in [-0.2, -0.15) is 0 Å². The highest BCUT2D eigenvalue weighted by atomic mass is 14.9. The van der Waals surface area contributed by atoms with Crippen LogP contribution in [0.1, 0.15) is 19.8 Å². The minimum atomic E-state index is 0.0677. The van der Waals surface area contributed by atoms with E-state index in [0.717, 1.165) is 13.1 Å². The normalized spacial score (nSPS) is 39.8. The largest absolute Gasteiger partial charge is 0.324 e. The predicted molar refractivity (Wildman–Crippen MR) is 34.7 cm³/mol. The lowest BCUT2D eigenvalue weighted by molar-refractivity contribution is 0.342. The van der Waals surface area contributed by atoms with Crippen LogP contribution in [0.4, 0.5) is 0 Å². The summed E-state index contributed by atoms with van der Waals surface area (Å²) in [5, 5.41) is 3.25. The molecular formula is C6H14N2. The molecule has 1 fully saturated rings. The fraction of sp³-hybridized carbons (Fsp3) is 1.00. The van der Waals surface area contributed by atoms with E-state index in [1.807, 2.05) is 0 Å². The molecule has 1 rings (SSSR count). The molecular weight excluding hydrogens is 100 g/mol. The van der Waals surface area contributed by atoms with Crippen LogP contribution in [-0.4, -0.2) is 18.6 Å². The average molecular weight is 114 g/mol. The average Bonchev–Trinajstić information content (AvgIpc) is 1.65. The summed E-state index contributed by atoms with van der Waals surface area (Å²) < 4.78 is 0. The van der Waals surface area contributed by atoms with Crippen LogP contribution >= 0.6 is 0 Å². The van der Waals surface area contributed by atoms with Gasteiger partial charge in [0.05, 0.1) is 0 Å². The summed E-state index contributed by atoms with van der Waals surface area (Å²) in [6.45, 7) is 4.22. The Hall–Kier alpha value is -0.0800. The lowest BCUT2D eigenvalue weighted by Crippen LogP contribution is -2.50. The molecule has 1 atom stereocenters. The van der Waals surface area contributed by atoms with E-state index in [-0.39, 0.29) is 5.54 Å². The van der Waals surface area contributed by atoms with Crippen molar-refractivity contribution in [3.8, 4) is 0 Å². The molecule has 48 valence electrons. The molecule has 0 amide bonds. The third-order valence-corrected chi connectivity index (χ3v) is 1.63. The van der Waals surface area contributed by atoms with Crippen LogP contribution in [0.2, 0.25) is 0 Å². The van der Waals surface area contributed by atoms with E-state index in [9.17, 15) is 0 Å². The van der Waals surface area contributed by atoms with Crippen molar-refractivity contribution in [2.24, 2.45) is 5.73 Å². The van der Waals surface area contributed by atoms with Crippen molar-refractivity contribution in [2.45, 2.75) is 25.3 Å². The highest BCUT2D eigenvalue weighted by molar-refractivity contribution is 4.84. The Morgan fingerprint density at radius 2 is 2.38 bits per heavy atom. The highest BCUT2D eigenvalue weighted by Crippen LogP contribution is 2.10. The third kappa shape index (κ3) is 1.46. The Morgan fingerprint density at radius 1 is 1.62 bits per heavy atom. The predicted octanol–water partition coefficient (Wildman–Crippen LogP) is 0.0872. The van der Waals surface area contributed by atoms with E-state index in [1.54, 1.807) is 0 Å². The van der Waals surface area contributed by atoms with Gasteiger partial charge in [0.15, 0.2) is 0 Å². The first-order valence-corrected chi connectivity index (χ1v) is 3.20. The number of hydrogen-bond donors (Lipinski definition) is 2. The molecule has 0 aromatic carbocycles. The van der Waals surface area contributed by atoms with Gasteiger partial charge >= 0.3 is 0 Å². The Bertz CT molecular complexity index is 70.6. The van der Waals surface area contributed by atoms with Crippen molar-refractivity contribution in [3.63, 3.8) is 0 Å². The molecule has 2 heteroatoms. The maximum absolute atomic E-state index is 5.82. The molecule has 0 aromatic rings. The van der Waals surface area contributed by atoms with Gasteiger partial charge in [-0.15, -0.1) is 0 Å². The summed E-state index contributed by atoms with van der Waals surface area (Å²) in [4.78, 5) is 0. The zero-order chi connectivity index (χ0) is 6.04. The second-order valence-corrected chi connectivity index (χ2v) is 2.93. The second kappa shape index (κ2) is 2.03. The van der Waals surface area contributed by atoms with Gasteiger partial charge in [0.1, 0.15) is 0 Å². The molecule has 1 aliphatic rings. The Kier molecular flexibility index (Phi) is 1.54. The van der Waals surface area contributed by atoms with Crippen molar-refractivity contribution in [1.82, 2.24) is 5.32 Å². The van der Waals surface area contributed by atoms with Gasteiger partial charge in [-0.3, -0.25) is 0 Å². The zero-order valence-electron chi connectivity index (χ0n) is 5.41. The minimum absolute atomic E-state index is 0.0677. The van der Waals surface area contributed by atoms with Gasteiger partial charge in [-0.25, -0.2) is 0 Å². The summed E-state index contributed by atoms with van der Waals surface area (Å²) in [5.41, 5.74) is 5.88. The summed E-state index contributed by atoms with van der Waals surface area (Å²) in [5.74, 6) is 0. The van der Waals surface area contributed by atoms with Gasteiger partial charge in [0.25, 0.3) is 0 Å². The van der Waals surface area contributed by atoms with Crippen molar-refractivity contribution >= 4 is 0 Å². The van der Waals surface area contributed by atoms with Gasteiger partial charge in [0, 0.05) is 12.1 Å². The van der Waals surface area contributed by atoms with Gasteiger partial charge in [0.2, 0.25) is 0 Å². The van der Waals surface area contributed by atoms with E-state index < -0.39 is 0 Å². The number of nitrogens with one attached hydrogen (secondary N) is 1. The summed E-state index contributed by atoms with van der Waals surface area (Å²) in [6.07, 6.45) is 2.40. The summed E-state index contributed by atoms with van der Waals surface area (Å²) in [6, 6.07) is 0. The van der Waals surface area contributed by atoms with Crippen LogP contribution in [-0.2, 0) is 0 Å². The van der Waals surface area contributed by atoms with Crippen LogP contribution < -0.4 is 11.1 Å². The monoisotopic (exact) mass is 114 g/mol. The van der Waals surface area contributed by atoms with Crippen molar-refractivity contribution < 1.29 is 0 Å². The lowest BCUT2D eigenvalue weighted by Gasteiger charge is -2.29. The highest BCUT2D eigenvalue weighted by Gasteiger charge is 2.20. The van der Waals surface area contributed by atoms with E-state index >= 15 is 0 Å². The van der Waals surface area contributed by atoms with Crippen LogP contribution in [0.15, 0.2) is 0 Å². The van der Waals surface area contributed by atoms with Crippen LogP contribution in [0, 0.1) is 0 Å². The number of rotatable bonds is 0. The Labute approximate surface area is 50.4 Å². The van der Waals surface area contributed by atoms with E-state index in [4.69, 9.17) is 5.73 Å². The first-order chi connectivity index (χ1) is 3.71. The molecule has 0 aromatic heterocycles. The second-order valence-electron chi connectivity index (χ2n) is 2.93. The quantitative estimate of drug-likeness (QED) is 0.468. The first-order valence-electron chi connectivity index (χ1n) is 3.20. The zero-order valence-corrected chi connectivity index (χ0v) is 5.41. The minimum Gasteiger partial charge on any atom is -0.324 e. The molecule has 0 bridgehead atoms. The van der Waals surface area contributed by atoms with Crippen molar-refractivity contribution in [1.29, 1.82) is 0 Å². The Morgan fingerprint density at radius 3 is 2.62 bits per heavy atom. The molecule has 1 aliphatic heterocycles. The van der Waals surface area contributed by atoms with Gasteiger partial charge < -0.3 is 11.1 Å². The number of piperidine rings is 1. The SMILES string of the molecule is C[C@@]1(N)CCCNC1. The molecule has 0 radical (unpaired) electrons. The molecule has 1 saturated heterocycles. The smallest absolute Gasteiger partial charge is 0.0252 e. The van der Waals surface area contributed by atoms with Crippen LogP contribution in [0.25, 0.3) is 0 Å². The summed E-state index contributed by atoms with van der Waals surface area (Å²) >= 11 is 0. The molecule has 0 unspecified atom stereocenters. The van der Waals surface area contributed by atoms with E-state index in [1.165, 1.54) is 12.8 Å². The van der Waals surface area contributed by atoms with E-state index in [2.05, 4.69) is 12.2 Å². The van der Waals surface area contributed by atoms with Crippen LogP contribution in [0.3, 0.4) is 0 Å². The van der Waals surface area contributed by atoms with E-state index in [0.29, 0.717) is 0 Å². The molecule has 0 saturated carbocycles. The fourth-order valence-corrected chi connectivity index (χ4v) is 1.08. The molecule has 0 aliphatic carbocycles. The Balaban J connectivity index is 2.33. The topological polar surface area (TPSA) is 38.0 Å². The number of hydrogen-bond acceptors (Lipinski definition) is 2. The molecule has 1 heterocycles. The van der Waals surface area contributed by atoms with Crippen molar-refractivity contribution in [3.05, 3.63) is 0 Å². The summed E-state index contributed by atoms with van der Waals surface area (Å²) in [7, 11) is 0. The first kappa shape index (κ1) is 6.05. The number of nitrogens with two attached hydrogens (primary N) is 1. The fourth-order valence-electron chi connectivity index (χ4n) is 1.08. The molecule has 0 spiro atoms. The van der Waals surface area contributed by atoms with Crippen molar-refractivity contribution in [2.75, 3.05) is 13.1 Å². The van der Waals surface area contributed by atoms with Gasteiger partial charge in [-0.05, 0) is 26.3 Å². The lowest BCUT2D eigenvalue weighted by atomic mass is 9.94. The third-order valence-electron chi connectivity index (χ3n) is 1.63. The van der Waals surface area contributed by atoms with Gasteiger partial charge in [-0.1, -0.05) is 0 Å². The molecule has 2 nitrogen and oxygen atoms in total. The molecule has 3 N–H and O–H groups in total. The maximum Gasteiger partial charge on any atom is 0.0252 e. The maximum atomic E-state index is 5.82. The standard InChI is InChI=1S/C6H14N2/c1-6(7)3-2-4-8-5-6/h8H,2-5,7H2,1H3/t6-/m1/s1. The molecule has 8 heavy (non-hydrogen) atoms.